The Morgan fingerprint density at radius 2 is 2.14 bits per heavy atom. The van der Waals surface area contributed by atoms with Gasteiger partial charge in [0, 0.05) is 35.3 Å². The van der Waals surface area contributed by atoms with Crippen LogP contribution in [0.4, 0.5) is 0 Å². The van der Waals surface area contributed by atoms with Crippen LogP contribution in [0.5, 0.6) is 0 Å². The van der Waals surface area contributed by atoms with Crippen molar-refractivity contribution >= 4 is 23.6 Å². The topological polar surface area (TPSA) is 70.5 Å². The van der Waals surface area contributed by atoms with Crippen LogP contribution < -0.4 is 0 Å². The number of carbonyl (C=O) groups excluding carboxylic acids is 1. The summed E-state index contributed by atoms with van der Waals surface area (Å²) in [5, 5.41) is 9.54. The third-order valence-electron chi connectivity index (χ3n) is 4.22. The lowest BCUT2D eigenvalue weighted by molar-refractivity contribution is 0.0646. The normalized spacial score (nSPS) is 25.2. The highest BCUT2D eigenvalue weighted by Gasteiger charge is 2.36. The first kappa shape index (κ1) is 14.4. The molecule has 1 N–H and O–H groups in total. The number of aromatic nitrogens is 1. The number of pyridine rings is 1. The van der Waals surface area contributed by atoms with Crippen molar-refractivity contribution < 1.29 is 14.7 Å². The summed E-state index contributed by atoms with van der Waals surface area (Å²) in [6, 6.07) is 3.28. The lowest BCUT2D eigenvalue weighted by Gasteiger charge is -2.43. The maximum atomic E-state index is 12.7. The van der Waals surface area contributed by atoms with E-state index in [1.807, 2.05) is 16.7 Å². The summed E-state index contributed by atoms with van der Waals surface area (Å²) in [4.78, 5) is 29.4. The van der Waals surface area contributed by atoms with E-state index in [0.29, 0.717) is 16.9 Å². The summed E-state index contributed by atoms with van der Waals surface area (Å²) in [6.45, 7) is 0.745. The molecule has 2 heterocycles. The van der Waals surface area contributed by atoms with Crippen LogP contribution in [0.1, 0.15) is 46.5 Å². The zero-order valence-corrected chi connectivity index (χ0v) is 12.5. The number of fused-ring (bicyclic) bond motifs is 1. The van der Waals surface area contributed by atoms with Gasteiger partial charge in [-0.1, -0.05) is 12.8 Å². The predicted molar refractivity (Wildman–Crippen MR) is 80.7 cm³/mol. The summed E-state index contributed by atoms with van der Waals surface area (Å²) in [5.41, 5.74) is 0.353. The molecule has 1 amide bonds. The fourth-order valence-corrected chi connectivity index (χ4v) is 4.64. The Balaban J connectivity index is 1.83. The van der Waals surface area contributed by atoms with Crippen LogP contribution in [0.15, 0.2) is 18.3 Å². The quantitative estimate of drug-likeness (QED) is 0.907. The molecule has 2 atom stereocenters. The minimum absolute atomic E-state index is 0.0582. The van der Waals surface area contributed by atoms with Crippen LogP contribution in [0.3, 0.4) is 0 Å². The number of nitrogens with zero attached hydrogens (tertiary/aromatic N) is 2. The van der Waals surface area contributed by atoms with Crippen molar-refractivity contribution in [2.45, 2.75) is 37.0 Å². The number of hydrogen-bond acceptors (Lipinski definition) is 4. The largest absolute Gasteiger partial charge is 0.477 e. The van der Waals surface area contributed by atoms with Crippen molar-refractivity contribution in [1.29, 1.82) is 0 Å². The van der Waals surface area contributed by atoms with E-state index in [1.54, 1.807) is 6.07 Å². The van der Waals surface area contributed by atoms with Gasteiger partial charge in [0.2, 0.25) is 0 Å². The molecule has 0 radical (unpaired) electrons. The molecule has 6 heteroatoms. The maximum Gasteiger partial charge on any atom is 0.354 e. The number of thioether (sulfide) groups is 1. The van der Waals surface area contributed by atoms with E-state index in [9.17, 15) is 9.59 Å². The highest BCUT2D eigenvalue weighted by atomic mass is 32.2. The number of carboxylic acid groups (broad SMARTS) is 1. The summed E-state index contributed by atoms with van der Waals surface area (Å²) in [7, 11) is 0. The lowest BCUT2D eigenvalue weighted by Crippen LogP contribution is -2.51. The number of aromatic carboxylic acids is 1. The van der Waals surface area contributed by atoms with Crippen LogP contribution in [0.2, 0.25) is 0 Å². The smallest absolute Gasteiger partial charge is 0.354 e. The van der Waals surface area contributed by atoms with E-state index in [2.05, 4.69) is 4.98 Å². The third-order valence-corrected chi connectivity index (χ3v) is 5.62. The number of amides is 1. The molecule has 2 unspecified atom stereocenters. The predicted octanol–water partition coefficient (Wildman–Crippen LogP) is 2.28. The zero-order valence-electron chi connectivity index (χ0n) is 11.7. The van der Waals surface area contributed by atoms with E-state index in [0.717, 1.165) is 18.7 Å². The SMILES string of the molecule is O=C(O)c1cc(C(=O)N2CCSC3CCCCC32)ccn1. The molecule has 0 aromatic carbocycles. The molecular weight excluding hydrogens is 288 g/mol. The van der Waals surface area contributed by atoms with Crippen LogP contribution >= 0.6 is 11.8 Å². The summed E-state index contributed by atoms with van der Waals surface area (Å²) in [6.07, 6.45) is 6.04. The Kier molecular flexibility index (Phi) is 4.14. The molecule has 112 valence electrons. The number of rotatable bonds is 2. The van der Waals surface area contributed by atoms with Crippen LogP contribution in [-0.4, -0.2) is 50.5 Å². The first-order valence-electron chi connectivity index (χ1n) is 7.29. The first-order valence-corrected chi connectivity index (χ1v) is 8.33. The highest BCUT2D eigenvalue weighted by molar-refractivity contribution is 8.00. The van der Waals surface area contributed by atoms with E-state index in [-0.39, 0.29) is 11.6 Å². The number of carbonyl (C=O) groups is 2. The van der Waals surface area contributed by atoms with Gasteiger partial charge in [0.25, 0.3) is 5.91 Å². The minimum atomic E-state index is -1.10. The van der Waals surface area contributed by atoms with Crippen molar-refractivity contribution in [2.75, 3.05) is 12.3 Å². The van der Waals surface area contributed by atoms with E-state index < -0.39 is 5.97 Å². The van der Waals surface area contributed by atoms with Gasteiger partial charge in [-0.2, -0.15) is 11.8 Å². The highest BCUT2D eigenvalue weighted by Crippen LogP contribution is 2.36. The molecule has 1 saturated heterocycles. The molecule has 0 spiro atoms. The van der Waals surface area contributed by atoms with E-state index in [4.69, 9.17) is 5.11 Å². The average Bonchev–Trinajstić information content (AvgIpc) is 2.53. The Hall–Kier alpha value is -1.56. The van der Waals surface area contributed by atoms with Crippen molar-refractivity contribution in [3.63, 3.8) is 0 Å². The van der Waals surface area contributed by atoms with Crippen LogP contribution in [0.25, 0.3) is 0 Å². The number of hydrogen-bond donors (Lipinski definition) is 1. The van der Waals surface area contributed by atoms with E-state index in [1.165, 1.54) is 31.5 Å². The van der Waals surface area contributed by atoms with Gasteiger partial charge in [0.1, 0.15) is 5.69 Å². The Morgan fingerprint density at radius 1 is 1.33 bits per heavy atom. The minimum Gasteiger partial charge on any atom is -0.477 e. The molecule has 21 heavy (non-hydrogen) atoms. The molecule has 2 fully saturated rings. The Morgan fingerprint density at radius 3 is 2.95 bits per heavy atom. The molecule has 2 aliphatic rings. The molecule has 1 aromatic rings. The molecule has 5 nitrogen and oxygen atoms in total. The van der Waals surface area contributed by atoms with E-state index >= 15 is 0 Å². The summed E-state index contributed by atoms with van der Waals surface area (Å²) in [5.74, 6) is -0.199. The maximum absolute atomic E-state index is 12.7. The van der Waals surface area contributed by atoms with Crippen LogP contribution in [-0.2, 0) is 0 Å². The second kappa shape index (κ2) is 6.05. The average molecular weight is 306 g/mol. The zero-order chi connectivity index (χ0) is 14.8. The van der Waals surface area contributed by atoms with Gasteiger partial charge in [-0.15, -0.1) is 0 Å². The van der Waals surface area contributed by atoms with Crippen LogP contribution in [0, 0.1) is 0 Å². The second-order valence-corrected chi connectivity index (χ2v) is 6.84. The fraction of sp³-hybridized carbons (Fsp3) is 0.533. The van der Waals surface area contributed by atoms with Crippen molar-refractivity contribution in [3.05, 3.63) is 29.6 Å². The lowest BCUT2D eigenvalue weighted by atomic mass is 9.93. The first-order chi connectivity index (χ1) is 10.2. The van der Waals surface area contributed by atoms with Crippen molar-refractivity contribution in [3.8, 4) is 0 Å². The van der Waals surface area contributed by atoms with Gasteiger partial charge in [-0.25, -0.2) is 9.78 Å². The molecule has 1 saturated carbocycles. The van der Waals surface area contributed by atoms with Gasteiger partial charge >= 0.3 is 5.97 Å². The molecule has 1 aromatic heterocycles. The van der Waals surface area contributed by atoms with Crippen molar-refractivity contribution in [2.24, 2.45) is 0 Å². The van der Waals surface area contributed by atoms with Gasteiger partial charge < -0.3 is 10.0 Å². The van der Waals surface area contributed by atoms with Gasteiger partial charge in [0.15, 0.2) is 0 Å². The van der Waals surface area contributed by atoms with Gasteiger partial charge in [0.05, 0.1) is 0 Å². The number of carboxylic acids is 1. The standard InChI is InChI=1S/C15H18N2O3S/c18-14(10-5-6-16-11(9-10)15(19)20)17-7-8-21-13-4-2-1-3-12(13)17/h5-6,9,12-13H,1-4,7-8H2,(H,19,20). The van der Waals surface area contributed by atoms with Gasteiger partial charge in [-0.3, -0.25) is 4.79 Å². The second-order valence-electron chi connectivity index (χ2n) is 5.49. The molecular formula is C15H18N2O3S. The molecule has 1 aliphatic carbocycles. The molecule has 3 rings (SSSR count). The third kappa shape index (κ3) is 2.90. The summed E-state index contributed by atoms with van der Waals surface area (Å²) < 4.78 is 0. The van der Waals surface area contributed by atoms with Crippen molar-refractivity contribution in [1.82, 2.24) is 9.88 Å². The monoisotopic (exact) mass is 306 g/mol. The fourth-order valence-electron chi connectivity index (χ4n) is 3.19. The molecule has 0 bridgehead atoms. The summed E-state index contributed by atoms with van der Waals surface area (Å²) >= 11 is 1.97. The Bertz CT molecular complexity index is 562. The van der Waals surface area contributed by atoms with Gasteiger partial charge in [-0.05, 0) is 25.0 Å². The Labute approximate surface area is 127 Å². The molecule has 1 aliphatic heterocycles.